The van der Waals surface area contributed by atoms with E-state index in [1.54, 1.807) is 19.3 Å². The number of pyridine rings is 1. The van der Waals surface area contributed by atoms with Crippen molar-refractivity contribution in [1.82, 2.24) is 9.88 Å². The van der Waals surface area contributed by atoms with Crippen LogP contribution in [0.2, 0.25) is 0 Å². The Morgan fingerprint density at radius 2 is 1.96 bits per heavy atom. The van der Waals surface area contributed by atoms with Crippen molar-refractivity contribution < 1.29 is 4.79 Å². The molecule has 1 fully saturated rings. The molecule has 128 valence electrons. The fourth-order valence-corrected chi connectivity index (χ4v) is 3.26. The van der Waals surface area contributed by atoms with Crippen LogP contribution in [-0.4, -0.2) is 35.4 Å². The standard InChI is InChI=1S/C21H23N3O/c1-22-20-19(14-7-15-23-20)21(25)24(18-12-5-6-13-18)16-8-11-17-9-3-2-4-10-17/h2-4,7,9-10,14-15,18H,5-6,12-13,16H2,1H3,(H,22,23). The summed E-state index contributed by atoms with van der Waals surface area (Å²) in [5.74, 6) is 6.96. The van der Waals surface area contributed by atoms with Crippen LogP contribution >= 0.6 is 0 Å². The smallest absolute Gasteiger partial charge is 0.258 e. The quantitative estimate of drug-likeness (QED) is 0.870. The first-order valence-electron chi connectivity index (χ1n) is 8.77. The highest BCUT2D eigenvalue weighted by atomic mass is 16.2. The lowest BCUT2D eigenvalue weighted by atomic mass is 10.1. The van der Waals surface area contributed by atoms with Gasteiger partial charge in [-0.15, -0.1) is 0 Å². The minimum Gasteiger partial charge on any atom is -0.372 e. The van der Waals surface area contributed by atoms with Gasteiger partial charge >= 0.3 is 0 Å². The van der Waals surface area contributed by atoms with Gasteiger partial charge in [0.05, 0.1) is 12.1 Å². The molecule has 1 heterocycles. The Morgan fingerprint density at radius 3 is 2.68 bits per heavy atom. The molecule has 0 atom stereocenters. The fraction of sp³-hybridized carbons (Fsp3) is 0.333. The van der Waals surface area contributed by atoms with E-state index in [9.17, 15) is 4.79 Å². The molecule has 0 saturated heterocycles. The van der Waals surface area contributed by atoms with E-state index >= 15 is 0 Å². The van der Waals surface area contributed by atoms with Crippen molar-refractivity contribution in [3.8, 4) is 11.8 Å². The van der Waals surface area contributed by atoms with Crippen molar-refractivity contribution in [3.63, 3.8) is 0 Å². The van der Waals surface area contributed by atoms with Crippen LogP contribution in [0.25, 0.3) is 0 Å². The number of rotatable bonds is 4. The second-order valence-electron chi connectivity index (χ2n) is 6.19. The molecule has 0 unspecified atom stereocenters. The van der Waals surface area contributed by atoms with Gasteiger partial charge in [-0.25, -0.2) is 4.98 Å². The maximum atomic E-state index is 13.1. The van der Waals surface area contributed by atoms with E-state index < -0.39 is 0 Å². The van der Waals surface area contributed by atoms with E-state index in [0.29, 0.717) is 17.9 Å². The number of benzene rings is 1. The first-order valence-corrected chi connectivity index (χ1v) is 8.77. The van der Waals surface area contributed by atoms with Crippen molar-refractivity contribution in [3.05, 3.63) is 59.8 Å². The lowest BCUT2D eigenvalue weighted by Gasteiger charge is -2.27. The van der Waals surface area contributed by atoms with Gasteiger partial charge in [-0.1, -0.05) is 42.9 Å². The zero-order chi connectivity index (χ0) is 17.5. The van der Waals surface area contributed by atoms with Gasteiger partial charge in [-0.2, -0.15) is 0 Å². The minimum atomic E-state index is 0.00621. The highest BCUT2D eigenvalue weighted by Gasteiger charge is 2.28. The number of amides is 1. The summed E-state index contributed by atoms with van der Waals surface area (Å²) in [6, 6.07) is 13.8. The van der Waals surface area contributed by atoms with Crippen LogP contribution in [0.3, 0.4) is 0 Å². The molecule has 4 heteroatoms. The number of carbonyl (C=O) groups excluding carboxylic acids is 1. The maximum Gasteiger partial charge on any atom is 0.258 e. The Hall–Kier alpha value is -2.80. The molecule has 1 N–H and O–H groups in total. The van der Waals surface area contributed by atoms with Gasteiger partial charge in [-0.3, -0.25) is 4.79 Å². The third-order valence-electron chi connectivity index (χ3n) is 4.56. The molecule has 0 radical (unpaired) electrons. The monoisotopic (exact) mass is 333 g/mol. The SMILES string of the molecule is CNc1ncccc1C(=O)N(CC#Cc1ccccc1)C1CCCC1. The molecular formula is C21H23N3O. The van der Waals surface area contributed by atoms with E-state index in [1.165, 1.54) is 12.8 Å². The predicted octanol–water partition coefficient (Wildman–Crippen LogP) is 3.56. The van der Waals surface area contributed by atoms with Gasteiger partial charge in [0.25, 0.3) is 5.91 Å². The van der Waals surface area contributed by atoms with E-state index in [0.717, 1.165) is 18.4 Å². The summed E-state index contributed by atoms with van der Waals surface area (Å²) in [5, 5.41) is 3.01. The van der Waals surface area contributed by atoms with Gasteiger partial charge in [0.1, 0.15) is 5.82 Å². The van der Waals surface area contributed by atoms with Crippen molar-refractivity contribution in [2.75, 3.05) is 18.9 Å². The Labute approximate surface area is 149 Å². The summed E-state index contributed by atoms with van der Waals surface area (Å²) in [7, 11) is 1.79. The normalized spacial score (nSPS) is 13.8. The topological polar surface area (TPSA) is 45.2 Å². The average Bonchev–Trinajstić information content (AvgIpc) is 3.20. The molecule has 1 aromatic heterocycles. The summed E-state index contributed by atoms with van der Waals surface area (Å²) in [6.45, 7) is 0.441. The molecule has 1 saturated carbocycles. The Kier molecular flexibility index (Phi) is 5.69. The summed E-state index contributed by atoms with van der Waals surface area (Å²) < 4.78 is 0. The van der Waals surface area contributed by atoms with Crippen molar-refractivity contribution >= 4 is 11.7 Å². The third-order valence-corrected chi connectivity index (χ3v) is 4.56. The number of nitrogens with one attached hydrogen (secondary N) is 1. The molecule has 25 heavy (non-hydrogen) atoms. The summed E-state index contributed by atoms with van der Waals surface area (Å²) in [4.78, 5) is 19.3. The maximum absolute atomic E-state index is 13.1. The molecule has 2 aromatic rings. The number of aromatic nitrogens is 1. The number of nitrogens with zero attached hydrogens (tertiary/aromatic N) is 2. The zero-order valence-electron chi connectivity index (χ0n) is 14.5. The molecule has 0 bridgehead atoms. The molecule has 1 aromatic carbocycles. The van der Waals surface area contributed by atoms with Gasteiger partial charge in [0.15, 0.2) is 0 Å². The summed E-state index contributed by atoms with van der Waals surface area (Å²) >= 11 is 0. The van der Waals surface area contributed by atoms with Gasteiger partial charge < -0.3 is 10.2 Å². The second kappa shape index (κ2) is 8.34. The van der Waals surface area contributed by atoms with Gasteiger partial charge in [-0.05, 0) is 37.1 Å². The zero-order valence-corrected chi connectivity index (χ0v) is 14.5. The Balaban J connectivity index is 1.82. The van der Waals surface area contributed by atoms with Crippen LogP contribution in [0.15, 0.2) is 48.7 Å². The molecule has 0 spiro atoms. The molecule has 0 aliphatic heterocycles. The van der Waals surface area contributed by atoms with Crippen molar-refractivity contribution in [1.29, 1.82) is 0 Å². The van der Waals surface area contributed by atoms with Crippen LogP contribution in [-0.2, 0) is 0 Å². The van der Waals surface area contributed by atoms with E-state index in [4.69, 9.17) is 0 Å². The summed E-state index contributed by atoms with van der Waals surface area (Å²) in [6.07, 6.45) is 6.14. The number of hydrogen-bond donors (Lipinski definition) is 1. The molecule has 1 amide bonds. The highest BCUT2D eigenvalue weighted by molar-refractivity contribution is 5.99. The van der Waals surface area contributed by atoms with E-state index in [-0.39, 0.29) is 11.9 Å². The minimum absolute atomic E-state index is 0.00621. The van der Waals surface area contributed by atoms with Gasteiger partial charge in [0.2, 0.25) is 0 Å². The number of anilines is 1. The molecule has 1 aliphatic rings. The largest absolute Gasteiger partial charge is 0.372 e. The van der Waals surface area contributed by atoms with Crippen LogP contribution in [0.1, 0.15) is 41.6 Å². The van der Waals surface area contributed by atoms with Crippen LogP contribution < -0.4 is 5.32 Å². The Bertz CT molecular complexity index is 770. The van der Waals surface area contributed by atoms with Gasteiger partial charge in [0, 0.05) is 24.8 Å². The van der Waals surface area contributed by atoms with E-state index in [1.807, 2.05) is 41.3 Å². The average molecular weight is 333 g/mol. The second-order valence-corrected chi connectivity index (χ2v) is 6.19. The lowest BCUT2D eigenvalue weighted by Crippen LogP contribution is -2.39. The molecule has 1 aliphatic carbocycles. The van der Waals surface area contributed by atoms with Crippen molar-refractivity contribution in [2.45, 2.75) is 31.7 Å². The third kappa shape index (κ3) is 4.19. The molecular weight excluding hydrogens is 310 g/mol. The fourth-order valence-electron chi connectivity index (χ4n) is 3.26. The van der Waals surface area contributed by atoms with Crippen LogP contribution in [0.5, 0.6) is 0 Å². The Morgan fingerprint density at radius 1 is 1.20 bits per heavy atom. The number of hydrogen-bond acceptors (Lipinski definition) is 3. The summed E-state index contributed by atoms with van der Waals surface area (Å²) in [5.41, 5.74) is 1.58. The molecule has 3 rings (SSSR count). The van der Waals surface area contributed by atoms with Crippen molar-refractivity contribution in [2.24, 2.45) is 0 Å². The van der Waals surface area contributed by atoms with E-state index in [2.05, 4.69) is 22.1 Å². The molecule has 4 nitrogen and oxygen atoms in total. The highest BCUT2D eigenvalue weighted by Crippen LogP contribution is 2.26. The first-order chi connectivity index (χ1) is 12.3. The lowest BCUT2D eigenvalue weighted by molar-refractivity contribution is 0.0711. The van der Waals surface area contributed by atoms with Crippen LogP contribution in [0, 0.1) is 11.8 Å². The predicted molar refractivity (Wildman–Crippen MR) is 100 cm³/mol. The van der Waals surface area contributed by atoms with Crippen LogP contribution in [0.4, 0.5) is 5.82 Å². The first kappa shape index (κ1) is 17.0. The number of carbonyl (C=O) groups is 1.